The number of hydrogen-bond acceptors (Lipinski definition) is 1. The number of allylic oxidation sites excluding steroid dienone is 4. The molecule has 1 rings (SSSR count). The standard InChI is InChI=1S/C11H10BrN/c1-3-5-9(4-2)11-8-10(12)6-7-13-11/h3-8H,1-2H2/b9-5+. The normalized spacial score (nSPS) is 11.0. The molecule has 0 atom stereocenters. The van der Waals surface area contributed by atoms with E-state index in [-0.39, 0.29) is 0 Å². The van der Waals surface area contributed by atoms with Crippen molar-refractivity contribution >= 4 is 21.5 Å². The Balaban J connectivity index is 3.12. The zero-order valence-corrected chi connectivity index (χ0v) is 8.79. The van der Waals surface area contributed by atoms with E-state index in [0.29, 0.717) is 0 Å². The topological polar surface area (TPSA) is 12.9 Å². The molecule has 66 valence electrons. The predicted octanol–water partition coefficient (Wildman–Crippen LogP) is 3.60. The first-order valence-electron chi connectivity index (χ1n) is 3.85. The number of nitrogens with zero attached hydrogens (tertiary/aromatic N) is 1. The van der Waals surface area contributed by atoms with Crippen LogP contribution in [0.1, 0.15) is 5.69 Å². The molecule has 0 bridgehead atoms. The van der Waals surface area contributed by atoms with Crippen molar-refractivity contribution in [2.24, 2.45) is 0 Å². The van der Waals surface area contributed by atoms with Gasteiger partial charge >= 0.3 is 0 Å². The molecule has 0 aliphatic rings. The lowest BCUT2D eigenvalue weighted by Gasteiger charge is -1.99. The van der Waals surface area contributed by atoms with Crippen LogP contribution < -0.4 is 0 Å². The van der Waals surface area contributed by atoms with Crippen LogP contribution in [0.4, 0.5) is 0 Å². The van der Waals surface area contributed by atoms with Crippen LogP contribution in [0, 0.1) is 0 Å². The first-order chi connectivity index (χ1) is 6.27. The molecule has 0 aromatic carbocycles. The summed E-state index contributed by atoms with van der Waals surface area (Å²) in [7, 11) is 0. The number of halogens is 1. The molecule has 0 saturated heterocycles. The lowest BCUT2D eigenvalue weighted by molar-refractivity contribution is 1.27. The molecule has 13 heavy (non-hydrogen) atoms. The van der Waals surface area contributed by atoms with Gasteiger partial charge in [0.1, 0.15) is 0 Å². The van der Waals surface area contributed by atoms with E-state index in [1.165, 1.54) is 0 Å². The number of hydrogen-bond donors (Lipinski definition) is 0. The summed E-state index contributed by atoms with van der Waals surface area (Å²) in [4.78, 5) is 4.21. The molecule has 1 aromatic heterocycles. The first kappa shape index (κ1) is 9.93. The van der Waals surface area contributed by atoms with Crippen molar-refractivity contribution in [2.75, 3.05) is 0 Å². The second-order valence-corrected chi connectivity index (χ2v) is 3.34. The van der Waals surface area contributed by atoms with Gasteiger partial charge in [0, 0.05) is 10.7 Å². The maximum Gasteiger partial charge on any atom is 0.0712 e. The molecule has 0 unspecified atom stereocenters. The summed E-state index contributed by atoms with van der Waals surface area (Å²) in [5.41, 5.74) is 1.86. The van der Waals surface area contributed by atoms with Gasteiger partial charge in [0.05, 0.1) is 5.69 Å². The molecule has 0 saturated carbocycles. The van der Waals surface area contributed by atoms with Gasteiger partial charge in [-0.3, -0.25) is 4.98 Å². The Hall–Kier alpha value is -1.15. The highest BCUT2D eigenvalue weighted by atomic mass is 79.9. The van der Waals surface area contributed by atoms with Crippen molar-refractivity contribution in [2.45, 2.75) is 0 Å². The van der Waals surface area contributed by atoms with Gasteiger partial charge in [-0.25, -0.2) is 0 Å². The lowest BCUT2D eigenvalue weighted by Crippen LogP contribution is -1.85. The Kier molecular flexibility index (Phi) is 3.65. The molecule has 0 amide bonds. The SMILES string of the molecule is C=C/C=C(\C=C)c1cc(Br)ccn1. The van der Waals surface area contributed by atoms with Gasteiger partial charge in [0.25, 0.3) is 0 Å². The second-order valence-electron chi connectivity index (χ2n) is 2.42. The van der Waals surface area contributed by atoms with E-state index in [9.17, 15) is 0 Å². The Bertz CT molecular complexity index is 353. The monoisotopic (exact) mass is 235 g/mol. The van der Waals surface area contributed by atoms with Gasteiger partial charge in [-0.05, 0) is 17.7 Å². The van der Waals surface area contributed by atoms with Gasteiger partial charge in [0.15, 0.2) is 0 Å². The van der Waals surface area contributed by atoms with Crippen LogP contribution in [-0.4, -0.2) is 4.98 Å². The Morgan fingerprint density at radius 3 is 2.77 bits per heavy atom. The van der Waals surface area contributed by atoms with Crippen LogP contribution in [0.25, 0.3) is 5.57 Å². The zero-order chi connectivity index (χ0) is 9.68. The number of pyridine rings is 1. The molecule has 2 heteroatoms. The molecular weight excluding hydrogens is 226 g/mol. The lowest BCUT2D eigenvalue weighted by atomic mass is 10.1. The Morgan fingerprint density at radius 2 is 2.23 bits per heavy atom. The van der Waals surface area contributed by atoms with Crippen LogP contribution >= 0.6 is 15.9 Å². The van der Waals surface area contributed by atoms with E-state index < -0.39 is 0 Å². The van der Waals surface area contributed by atoms with Gasteiger partial charge in [-0.1, -0.05) is 47.3 Å². The molecule has 0 aliphatic carbocycles. The fourth-order valence-electron chi connectivity index (χ4n) is 0.948. The summed E-state index contributed by atoms with van der Waals surface area (Å²) in [6.45, 7) is 7.35. The molecule has 1 aromatic rings. The molecule has 0 fully saturated rings. The van der Waals surface area contributed by atoms with Crippen molar-refractivity contribution in [3.8, 4) is 0 Å². The average molecular weight is 236 g/mol. The molecule has 0 aliphatic heterocycles. The minimum absolute atomic E-state index is 0.893. The minimum Gasteiger partial charge on any atom is -0.256 e. The van der Waals surface area contributed by atoms with E-state index in [0.717, 1.165) is 15.7 Å². The van der Waals surface area contributed by atoms with Crippen molar-refractivity contribution in [3.63, 3.8) is 0 Å². The summed E-state index contributed by atoms with van der Waals surface area (Å²) in [5, 5.41) is 0. The molecule has 1 heterocycles. The predicted molar refractivity (Wildman–Crippen MR) is 60.3 cm³/mol. The van der Waals surface area contributed by atoms with Crippen LogP contribution in [0.15, 0.2) is 54.2 Å². The van der Waals surface area contributed by atoms with Gasteiger partial charge in [-0.15, -0.1) is 0 Å². The van der Waals surface area contributed by atoms with Crippen LogP contribution in [0.3, 0.4) is 0 Å². The van der Waals surface area contributed by atoms with Crippen molar-refractivity contribution in [1.29, 1.82) is 0 Å². The highest BCUT2D eigenvalue weighted by Crippen LogP contribution is 2.17. The van der Waals surface area contributed by atoms with Crippen LogP contribution in [-0.2, 0) is 0 Å². The van der Waals surface area contributed by atoms with E-state index in [4.69, 9.17) is 0 Å². The number of aromatic nitrogens is 1. The fraction of sp³-hybridized carbons (Fsp3) is 0. The molecular formula is C11H10BrN. The third-order valence-corrected chi connectivity index (χ3v) is 2.03. The van der Waals surface area contributed by atoms with Gasteiger partial charge in [0.2, 0.25) is 0 Å². The summed E-state index contributed by atoms with van der Waals surface area (Å²) in [6.07, 6.45) is 7.11. The Morgan fingerprint density at radius 1 is 1.46 bits per heavy atom. The average Bonchev–Trinajstić information content (AvgIpc) is 2.14. The number of rotatable bonds is 3. The zero-order valence-electron chi connectivity index (χ0n) is 7.20. The maximum absolute atomic E-state index is 4.21. The summed E-state index contributed by atoms with van der Waals surface area (Å²) < 4.78 is 1.01. The molecule has 0 spiro atoms. The van der Waals surface area contributed by atoms with E-state index in [1.54, 1.807) is 18.3 Å². The minimum atomic E-state index is 0.893. The Labute approximate surface area is 86.6 Å². The molecule has 0 radical (unpaired) electrons. The summed E-state index contributed by atoms with van der Waals surface area (Å²) in [5.74, 6) is 0. The highest BCUT2D eigenvalue weighted by molar-refractivity contribution is 9.10. The van der Waals surface area contributed by atoms with Crippen molar-refractivity contribution < 1.29 is 0 Å². The third kappa shape index (κ3) is 2.67. The third-order valence-electron chi connectivity index (χ3n) is 1.54. The van der Waals surface area contributed by atoms with Crippen molar-refractivity contribution in [1.82, 2.24) is 4.98 Å². The largest absolute Gasteiger partial charge is 0.256 e. The molecule has 0 N–H and O–H groups in total. The van der Waals surface area contributed by atoms with Crippen LogP contribution in [0.2, 0.25) is 0 Å². The van der Waals surface area contributed by atoms with Gasteiger partial charge < -0.3 is 0 Å². The highest BCUT2D eigenvalue weighted by Gasteiger charge is 1.97. The van der Waals surface area contributed by atoms with E-state index in [2.05, 4.69) is 34.1 Å². The summed E-state index contributed by atoms with van der Waals surface area (Å²) >= 11 is 3.38. The van der Waals surface area contributed by atoms with E-state index >= 15 is 0 Å². The van der Waals surface area contributed by atoms with Crippen molar-refractivity contribution in [3.05, 3.63) is 59.9 Å². The second kappa shape index (κ2) is 4.77. The maximum atomic E-state index is 4.21. The first-order valence-corrected chi connectivity index (χ1v) is 4.64. The summed E-state index contributed by atoms with van der Waals surface area (Å²) in [6, 6.07) is 3.83. The van der Waals surface area contributed by atoms with E-state index in [1.807, 2.05) is 18.2 Å². The van der Waals surface area contributed by atoms with Crippen LogP contribution in [0.5, 0.6) is 0 Å². The quantitative estimate of drug-likeness (QED) is 0.730. The fourth-order valence-corrected chi connectivity index (χ4v) is 1.28. The molecule has 1 nitrogen and oxygen atoms in total. The van der Waals surface area contributed by atoms with Gasteiger partial charge in [-0.2, -0.15) is 0 Å². The smallest absolute Gasteiger partial charge is 0.0712 e.